The summed E-state index contributed by atoms with van der Waals surface area (Å²) >= 11 is 0. The van der Waals surface area contributed by atoms with E-state index in [1.807, 2.05) is 0 Å². The summed E-state index contributed by atoms with van der Waals surface area (Å²) in [5.41, 5.74) is 2.31. The Morgan fingerprint density at radius 3 is 3.00 bits per heavy atom. The molecule has 64 valence electrons. The Labute approximate surface area is 66.3 Å². The summed E-state index contributed by atoms with van der Waals surface area (Å²) in [5, 5.41) is 3.11. The molecule has 1 atom stereocenters. The van der Waals surface area contributed by atoms with E-state index in [1.165, 1.54) is 7.11 Å². The van der Waals surface area contributed by atoms with E-state index >= 15 is 0 Å². The van der Waals surface area contributed by atoms with Crippen molar-refractivity contribution in [1.29, 1.82) is 0 Å². The van der Waals surface area contributed by atoms with Crippen LogP contribution in [0, 0.1) is 0 Å². The molecule has 0 aromatic heterocycles. The molecule has 2 N–H and O–H groups in total. The van der Waals surface area contributed by atoms with E-state index in [-0.39, 0.29) is 11.9 Å². The number of nitrogens with one attached hydrogen (secondary N) is 2. The third kappa shape index (κ3) is 2.48. The standard InChI is InChI=1S/C7H14N2O2/c1-11-9-7(10)6-4-2-3-5-8-6/h6,8H,2-5H2,1H3,(H,9,10). The van der Waals surface area contributed by atoms with Gasteiger partial charge in [-0.05, 0) is 19.4 Å². The first-order valence-corrected chi connectivity index (χ1v) is 3.91. The minimum atomic E-state index is -0.0628. The predicted molar refractivity (Wildman–Crippen MR) is 40.8 cm³/mol. The van der Waals surface area contributed by atoms with Gasteiger partial charge >= 0.3 is 0 Å². The van der Waals surface area contributed by atoms with Crippen LogP contribution >= 0.6 is 0 Å². The third-order valence-corrected chi connectivity index (χ3v) is 1.83. The first kappa shape index (κ1) is 8.49. The van der Waals surface area contributed by atoms with Crippen molar-refractivity contribution in [3.63, 3.8) is 0 Å². The predicted octanol–water partition coefficient (Wildman–Crippen LogP) is -0.194. The summed E-state index contributed by atoms with van der Waals surface area (Å²) in [7, 11) is 1.45. The molecule has 4 heteroatoms. The second-order valence-corrected chi connectivity index (χ2v) is 2.67. The van der Waals surface area contributed by atoms with Gasteiger partial charge in [0.05, 0.1) is 13.2 Å². The lowest BCUT2D eigenvalue weighted by Gasteiger charge is -2.21. The molecule has 1 saturated heterocycles. The van der Waals surface area contributed by atoms with Gasteiger partial charge in [-0.2, -0.15) is 0 Å². The van der Waals surface area contributed by atoms with Gasteiger partial charge in [-0.1, -0.05) is 6.42 Å². The highest BCUT2D eigenvalue weighted by Gasteiger charge is 2.19. The molecule has 1 rings (SSSR count). The highest BCUT2D eigenvalue weighted by Crippen LogP contribution is 2.06. The average Bonchev–Trinajstić information content (AvgIpc) is 2.07. The lowest BCUT2D eigenvalue weighted by atomic mass is 10.1. The third-order valence-electron chi connectivity index (χ3n) is 1.83. The maximum atomic E-state index is 11.1. The van der Waals surface area contributed by atoms with Crippen LogP contribution in [-0.4, -0.2) is 25.6 Å². The second-order valence-electron chi connectivity index (χ2n) is 2.67. The lowest BCUT2D eigenvalue weighted by Crippen LogP contribution is -2.46. The summed E-state index contributed by atoms with van der Waals surface area (Å²) in [4.78, 5) is 15.6. The Morgan fingerprint density at radius 1 is 1.64 bits per heavy atom. The zero-order chi connectivity index (χ0) is 8.10. The molecule has 0 saturated carbocycles. The Kier molecular flexibility index (Phi) is 3.32. The van der Waals surface area contributed by atoms with Gasteiger partial charge in [0.1, 0.15) is 0 Å². The molecular formula is C7H14N2O2. The molecule has 4 nitrogen and oxygen atoms in total. The molecule has 0 aliphatic carbocycles. The number of piperidine rings is 1. The Balaban J connectivity index is 2.27. The Morgan fingerprint density at radius 2 is 2.45 bits per heavy atom. The molecular weight excluding hydrogens is 144 g/mol. The van der Waals surface area contributed by atoms with E-state index in [9.17, 15) is 4.79 Å². The van der Waals surface area contributed by atoms with Crippen molar-refractivity contribution in [2.24, 2.45) is 0 Å². The van der Waals surface area contributed by atoms with Crippen LogP contribution in [0.3, 0.4) is 0 Å². The van der Waals surface area contributed by atoms with Crippen molar-refractivity contribution < 1.29 is 9.63 Å². The van der Waals surface area contributed by atoms with E-state index in [0.29, 0.717) is 0 Å². The zero-order valence-electron chi connectivity index (χ0n) is 6.72. The number of hydrogen-bond acceptors (Lipinski definition) is 3. The topological polar surface area (TPSA) is 50.4 Å². The number of hydrogen-bond donors (Lipinski definition) is 2. The molecule has 1 unspecified atom stereocenters. The van der Waals surface area contributed by atoms with Gasteiger partial charge in [-0.25, -0.2) is 5.48 Å². The first-order chi connectivity index (χ1) is 5.34. The van der Waals surface area contributed by atoms with E-state index in [2.05, 4.69) is 15.6 Å². The van der Waals surface area contributed by atoms with E-state index in [1.54, 1.807) is 0 Å². The van der Waals surface area contributed by atoms with E-state index in [4.69, 9.17) is 0 Å². The Hall–Kier alpha value is -0.610. The van der Waals surface area contributed by atoms with Crippen LogP contribution in [0.1, 0.15) is 19.3 Å². The van der Waals surface area contributed by atoms with E-state index in [0.717, 1.165) is 25.8 Å². The molecule has 0 aromatic carbocycles. The van der Waals surface area contributed by atoms with Crippen LogP contribution in [0.2, 0.25) is 0 Å². The molecule has 0 bridgehead atoms. The summed E-state index contributed by atoms with van der Waals surface area (Å²) in [6.07, 6.45) is 3.20. The molecule has 0 spiro atoms. The summed E-state index contributed by atoms with van der Waals surface area (Å²) in [6.45, 7) is 0.932. The van der Waals surface area contributed by atoms with Crippen molar-refractivity contribution in [2.45, 2.75) is 25.3 Å². The molecule has 11 heavy (non-hydrogen) atoms. The largest absolute Gasteiger partial charge is 0.306 e. The van der Waals surface area contributed by atoms with E-state index < -0.39 is 0 Å². The molecule has 1 fully saturated rings. The van der Waals surface area contributed by atoms with Crippen molar-refractivity contribution >= 4 is 5.91 Å². The van der Waals surface area contributed by atoms with Crippen molar-refractivity contribution in [2.75, 3.05) is 13.7 Å². The van der Waals surface area contributed by atoms with Crippen LogP contribution in [0.15, 0.2) is 0 Å². The van der Waals surface area contributed by atoms with Gasteiger partial charge in [0.2, 0.25) is 0 Å². The minimum Gasteiger partial charge on any atom is -0.306 e. The fourth-order valence-corrected chi connectivity index (χ4v) is 1.25. The maximum absolute atomic E-state index is 11.1. The summed E-state index contributed by atoms with van der Waals surface area (Å²) in [6, 6.07) is -0.0521. The summed E-state index contributed by atoms with van der Waals surface area (Å²) in [5.74, 6) is -0.0628. The highest BCUT2D eigenvalue weighted by molar-refractivity contribution is 5.80. The SMILES string of the molecule is CONC(=O)C1CCCCN1. The first-order valence-electron chi connectivity index (χ1n) is 3.91. The van der Waals surface area contributed by atoms with Crippen molar-refractivity contribution in [3.05, 3.63) is 0 Å². The zero-order valence-corrected chi connectivity index (χ0v) is 6.72. The van der Waals surface area contributed by atoms with Gasteiger partial charge in [-0.15, -0.1) is 0 Å². The fourth-order valence-electron chi connectivity index (χ4n) is 1.25. The van der Waals surface area contributed by atoms with Gasteiger partial charge in [0.15, 0.2) is 0 Å². The highest BCUT2D eigenvalue weighted by atomic mass is 16.6. The number of rotatable bonds is 2. The molecule has 1 aliphatic heterocycles. The molecule has 1 aliphatic rings. The molecule has 1 amide bonds. The lowest BCUT2D eigenvalue weighted by molar-refractivity contribution is -0.134. The van der Waals surface area contributed by atoms with Crippen LogP contribution < -0.4 is 10.8 Å². The quantitative estimate of drug-likeness (QED) is 0.547. The number of carbonyl (C=O) groups is 1. The molecule has 0 aromatic rings. The van der Waals surface area contributed by atoms with Crippen molar-refractivity contribution in [1.82, 2.24) is 10.8 Å². The van der Waals surface area contributed by atoms with Gasteiger partial charge in [0.25, 0.3) is 5.91 Å². The second kappa shape index (κ2) is 4.31. The maximum Gasteiger partial charge on any atom is 0.260 e. The van der Waals surface area contributed by atoms with Crippen LogP contribution in [0.4, 0.5) is 0 Å². The van der Waals surface area contributed by atoms with Crippen LogP contribution in [0.25, 0.3) is 0 Å². The van der Waals surface area contributed by atoms with Crippen molar-refractivity contribution in [3.8, 4) is 0 Å². The minimum absolute atomic E-state index is 0.0521. The van der Waals surface area contributed by atoms with Gasteiger partial charge in [-0.3, -0.25) is 9.63 Å². The van der Waals surface area contributed by atoms with Crippen LogP contribution in [0.5, 0.6) is 0 Å². The van der Waals surface area contributed by atoms with Gasteiger partial charge < -0.3 is 5.32 Å². The monoisotopic (exact) mass is 158 g/mol. The summed E-state index contributed by atoms with van der Waals surface area (Å²) < 4.78 is 0. The number of amides is 1. The smallest absolute Gasteiger partial charge is 0.260 e. The molecule has 1 heterocycles. The number of carbonyl (C=O) groups excluding carboxylic acids is 1. The number of hydroxylamine groups is 1. The molecule has 0 radical (unpaired) electrons. The Bertz CT molecular complexity index is 132. The fraction of sp³-hybridized carbons (Fsp3) is 0.857. The normalized spacial score (nSPS) is 24.6. The average molecular weight is 158 g/mol. The van der Waals surface area contributed by atoms with Gasteiger partial charge in [0, 0.05) is 0 Å². The van der Waals surface area contributed by atoms with Crippen LogP contribution in [-0.2, 0) is 9.63 Å².